The van der Waals surface area contributed by atoms with Gasteiger partial charge < -0.3 is 21.3 Å². The fourth-order valence-electron chi connectivity index (χ4n) is 4.46. The molecule has 0 spiro atoms. The number of nitrogens with two attached hydrogens (primary N) is 1. The van der Waals surface area contributed by atoms with Gasteiger partial charge in [0.05, 0.1) is 23.0 Å². The molecular formula is C23H27F3N8O. The van der Waals surface area contributed by atoms with Crippen LogP contribution in [0.1, 0.15) is 54.5 Å². The average Bonchev–Trinajstić information content (AvgIpc) is 3.25. The molecule has 1 unspecified atom stereocenters. The van der Waals surface area contributed by atoms with Gasteiger partial charge in [-0.05, 0) is 31.7 Å². The summed E-state index contributed by atoms with van der Waals surface area (Å²) in [5.41, 5.74) is 5.78. The van der Waals surface area contributed by atoms with Crippen LogP contribution in [0.2, 0.25) is 0 Å². The van der Waals surface area contributed by atoms with Crippen LogP contribution in [-0.2, 0) is 11.0 Å². The molecule has 0 aromatic carbocycles. The summed E-state index contributed by atoms with van der Waals surface area (Å²) < 4.78 is 39.7. The monoisotopic (exact) mass is 488 g/mol. The van der Waals surface area contributed by atoms with Crippen molar-refractivity contribution in [1.29, 1.82) is 5.26 Å². The molecule has 0 aliphatic carbocycles. The number of nitriles is 1. The zero-order valence-electron chi connectivity index (χ0n) is 19.3. The minimum atomic E-state index is -4.52. The lowest BCUT2D eigenvalue weighted by molar-refractivity contribution is -0.138. The molecule has 1 fully saturated rings. The van der Waals surface area contributed by atoms with Crippen LogP contribution in [0.5, 0.6) is 0 Å². The number of hydrogen-bond donors (Lipinski definition) is 3. The van der Waals surface area contributed by atoms with E-state index >= 15 is 0 Å². The lowest BCUT2D eigenvalue weighted by Gasteiger charge is -2.32. The molecule has 1 amide bonds. The van der Waals surface area contributed by atoms with Gasteiger partial charge in [0.15, 0.2) is 0 Å². The number of halogens is 3. The van der Waals surface area contributed by atoms with E-state index in [0.29, 0.717) is 55.0 Å². The largest absolute Gasteiger partial charge is 0.417 e. The van der Waals surface area contributed by atoms with Crippen LogP contribution in [0.4, 0.5) is 24.9 Å². The summed E-state index contributed by atoms with van der Waals surface area (Å²) in [5, 5.41) is 15.7. The first-order valence-corrected chi connectivity index (χ1v) is 11.5. The quantitative estimate of drug-likeness (QED) is 0.565. The maximum atomic E-state index is 13.2. The summed E-state index contributed by atoms with van der Waals surface area (Å²) in [7, 11) is 0. The Kier molecular flexibility index (Phi) is 7.07. The molecular weight excluding hydrogens is 461 g/mol. The number of rotatable bonds is 6. The number of fused-ring (bicyclic) bond motifs is 1. The van der Waals surface area contributed by atoms with Gasteiger partial charge in [-0.25, -0.2) is 15.0 Å². The van der Waals surface area contributed by atoms with Crippen molar-refractivity contribution < 1.29 is 18.0 Å². The van der Waals surface area contributed by atoms with E-state index in [-0.39, 0.29) is 24.1 Å². The van der Waals surface area contributed by atoms with Crippen LogP contribution >= 0.6 is 0 Å². The molecule has 0 bridgehead atoms. The normalized spacial score (nSPS) is 19.0. The van der Waals surface area contributed by atoms with Crippen molar-refractivity contribution in [3.05, 3.63) is 40.8 Å². The van der Waals surface area contributed by atoms with Gasteiger partial charge in [-0.2, -0.15) is 18.4 Å². The Morgan fingerprint density at radius 3 is 2.74 bits per heavy atom. The predicted octanol–water partition coefficient (Wildman–Crippen LogP) is 2.71. The van der Waals surface area contributed by atoms with Gasteiger partial charge in [-0.1, -0.05) is 0 Å². The topological polar surface area (TPSA) is 133 Å². The fourth-order valence-corrected chi connectivity index (χ4v) is 4.46. The highest BCUT2D eigenvalue weighted by Gasteiger charge is 2.35. The van der Waals surface area contributed by atoms with Crippen LogP contribution < -0.4 is 16.4 Å². The summed E-state index contributed by atoms with van der Waals surface area (Å²) in [6.07, 6.45) is -0.349. The standard InChI is InChI=1S/C23H27F3N8O/c1-13(28)6-19(35)34-4-2-14(3-5-34)9-31-22-32-10-15(8-27)20(33-22)18-12-30-21-17(18)7-16(11-29-21)23(24,25)26/h7,10-11,13-14,18H,2-6,9,12,28H2,1H3,(H,29,30)(H,31,32,33)/t13-,18?/m0/s1. The molecule has 4 N–H and O–H groups in total. The van der Waals surface area contributed by atoms with E-state index < -0.39 is 17.7 Å². The molecule has 0 radical (unpaired) electrons. The summed E-state index contributed by atoms with van der Waals surface area (Å²) >= 11 is 0. The first-order chi connectivity index (χ1) is 16.7. The zero-order valence-corrected chi connectivity index (χ0v) is 19.3. The van der Waals surface area contributed by atoms with Gasteiger partial charge in [-0.3, -0.25) is 4.79 Å². The van der Waals surface area contributed by atoms with Gasteiger partial charge in [0.25, 0.3) is 0 Å². The van der Waals surface area contributed by atoms with Gasteiger partial charge in [0.1, 0.15) is 11.9 Å². The molecule has 2 atom stereocenters. The molecule has 9 nitrogen and oxygen atoms in total. The molecule has 2 aliphatic heterocycles. The Morgan fingerprint density at radius 2 is 2.09 bits per heavy atom. The third-order valence-corrected chi connectivity index (χ3v) is 6.37. The van der Waals surface area contributed by atoms with Gasteiger partial charge in [-0.15, -0.1) is 0 Å². The SMILES string of the molecule is C[C@H](N)CC(=O)N1CCC(CNc2ncc(C#N)c(C3CNc4ncc(C(F)(F)F)cc43)n2)CC1. The number of aromatic nitrogens is 3. The molecule has 12 heteroatoms. The van der Waals surface area contributed by atoms with Gasteiger partial charge in [0.2, 0.25) is 11.9 Å². The van der Waals surface area contributed by atoms with Crippen molar-refractivity contribution in [1.82, 2.24) is 19.9 Å². The number of alkyl halides is 3. The Balaban J connectivity index is 1.44. The second-order valence-electron chi connectivity index (χ2n) is 9.08. The van der Waals surface area contributed by atoms with E-state index in [0.717, 1.165) is 25.1 Å². The third-order valence-electron chi connectivity index (χ3n) is 6.37. The number of pyridine rings is 1. The van der Waals surface area contributed by atoms with E-state index in [1.165, 1.54) is 6.20 Å². The minimum Gasteiger partial charge on any atom is -0.369 e. The highest BCUT2D eigenvalue weighted by atomic mass is 19.4. The van der Waals surface area contributed by atoms with Crippen LogP contribution in [0.25, 0.3) is 0 Å². The van der Waals surface area contributed by atoms with Crippen molar-refractivity contribution in [3.63, 3.8) is 0 Å². The molecule has 2 aromatic rings. The molecule has 35 heavy (non-hydrogen) atoms. The summed E-state index contributed by atoms with van der Waals surface area (Å²) in [6.45, 7) is 4.00. The van der Waals surface area contributed by atoms with E-state index in [1.54, 1.807) is 0 Å². The molecule has 2 aliphatic rings. The van der Waals surface area contributed by atoms with E-state index in [1.807, 2.05) is 17.9 Å². The Bertz CT molecular complexity index is 1120. The number of carbonyl (C=O) groups excluding carboxylic acids is 1. The smallest absolute Gasteiger partial charge is 0.369 e. The van der Waals surface area contributed by atoms with Crippen LogP contribution in [0, 0.1) is 17.2 Å². The van der Waals surface area contributed by atoms with Crippen molar-refractivity contribution >= 4 is 17.7 Å². The van der Waals surface area contributed by atoms with Crippen molar-refractivity contribution in [3.8, 4) is 6.07 Å². The average molecular weight is 489 g/mol. The second-order valence-corrected chi connectivity index (χ2v) is 9.08. The fraction of sp³-hybridized carbons (Fsp3) is 0.522. The summed E-state index contributed by atoms with van der Waals surface area (Å²) in [4.78, 5) is 26.7. The Morgan fingerprint density at radius 1 is 1.34 bits per heavy atom. The highest BCUT2D eigenvalue weighted by molar-refractivity contribution is 5.76. The molecule has 2 aromatic heterocycles. The number of anilines is 2. The molecule has 0 saturated carbocycles. The number of hydrogen-bond acceptors (Lipinski definition) is 8. The minimum absolute atomic E-state index is 0.0695. The zero-order chi connectivity index (χ0) is 25.2. The summed E-state index contributed by atoms with van der Waals surface area (Å²) in [6, 6.07) is 2.94. The Hall–Kier alpha value is -3.46. The highest BCUT2D eigenvalue weighted by Crippen LogP contribution is 2.39. The van der Waals surface area contributed by atoms with Crippen LogP contribution in [0.3, 0.4) is 0 Å². The second kappa shape index (κ2) is 10.0. The Labute approximate surface area is 200 Å². The predicted molar refractivity (Wildman–Crippen MR) is 122 cm³/mol. The van der Waals surface area contributed by atoms with Crippen LogP contribution in [-0.4, -0.2) is 58.0 Å². The van der Waals surface area contributed by atoms with Gasteiger partial charge in [0, 0.05) is 56.3 Å². The number of nitrogens with one attached hydrogen (secondary N) is 2. The van der Waals surface area contributed by atoms with Crippen molar-refractivity contribution in [2.45, 2.75) is 44.3 Å². The van der Waals surface area contributed by atoms with Gasteiger partial charge >= 0.3 is 6.18 Å². The first-order valence-electron chi connectivity index (χ1n) is 11.5. The van der Waals surface area contributed by atoms with E-state index in [9.17, 15) is 23.2 Å². The number of carbonyl (C=O) groups is 1. The number of likely N-dealkylation sites (tertiary alicyclic amines) is 1. The first kappa shape index (κ1) is 24.7. The van der Waals surface area contributed by atoms with E-state index in [4.69, 9.17) is 5.73 Å². The molecule has 4 rings (SSSR count). The lowest BCUT2D eigenvalue weighted by Crippen LogP contribution is -2.41. The number of piperidine rings is 1. The number of nitrogens with zero attached hydrogens (tertiary/aromatic N) is 5. The molecule has 1 saturated heterocycles. The van der Waals surface area contributed by atoms with Crippen molar-refractivity contribution in [2.75, 3.05) is 36.8 Å². The van der Waals surface area contributed by atoms with Crippen molar-refractivity contribution in [2.24, 2.45) is 11.7 Å². The molecule has 186 valence electrons. The molecule has 4 heterocycles. The van der Waals surface area contributed by atoms with E-state index in [2.05, 4.69) is 25.6 Å². The maximum Gasteiger partial charge on any atom is 0.417 e. The lowest BCUT2D eigenvalue weighted by atomic mass is 9.95. The maximum absolute atomic E-state index is 13.2. The third kappa shape index (κ3) is 5.62. The number of amides is 1. The van der Waals surface area contributed by atoms with Crippen LogP contribution in [0.15, 0.2) is 18.5 Å². The summed E-state index contributed by atoms with van der Waals surface area (Å²) in [5.74, 6) is 0.481.